The van der Waals surface area contributed by atoms with Gasteiger partial charge in [0.05, 0.1) is 10.5 Å². The van der Waals surface area contributed by atoms with Gasteiger partial charge in [-0.15, -0.1) is 0 Å². The Bertz CT molecular complexity index is 716. The number of carbonyl (C=O) groups excluding carboxylic acids is 1. The van der Waals surface area contributed by atoms with Crippen LogP contribution in [-0.4, -0.2) is 10.7 Å². The highest BCUT2D eigenvalue weighted by atomic mass is 35.5. The third-order valence-corrected chi connectivity index (χ3v) is 3.22. The second kappa shape index (κ2) is 5.38. The smallest absolute Gasteiger partial charge is 0.270 e. The van der Waals surface area contributed by atoms with Crippen LogP contribution in [0.25, 0.3) is 0 Å². The highest BCUT2D eigenvalue weighted by Gasteiger charge is 2.18. The number of non-ortho nitro benzene ring substituents is 1. The molecule has 20 heavy (non-hydrogen) atoms. The summed E-state index contributed by atoms with van der Waals surface area (Å²) in [6.45, 7) is 1.64. The van der Waals surface area contributed by atoms with Gasteiger partial charge in [0.2, 0.25) is 0 Å². The molecule has 0 saturated heterocycles. The largest absolute Gasteiger partial charge is 0.288 e. The molecule has 2 aromatic carbocycles. The van der Waals surface area contributed by atoms with Crippen molar-refractivity contribution >= 4 is 23.1 Å². The van der Waals surface area contributed by atoms with E-state index in [1.165, 1.54) is 24.3 Å². The van der Waals surface area contributed by atoms with E-state index in [1.807, 2.05) is 0 Å². The maximum Gasteiger partial charge on any atom is 0.270 e. The van der Waals surface area contributed by atoms with Crippen molar-refractivity contribution in [3.63, 3.8) is 0 Å². The summed E-state index contributed by atoms with van der Waals surface area (Å²) in [6, 6.07) is 7.55. The Morgan fingerprint density at radius 2 is 2.00 bits per heavy atom. The van der Waals surface area contributed by atoms with Crippen LogP contribution in [0.2, 0.25) is 5.02 Å². The Morgan fingerprint density at radius 1 is 1.30 bits per heavy atom. The summed E-state index contributed by atoms with van der Waals surface area (Å²) in [5.74, 6) is -1.37. The number of hydrogen-bond donors (Lipinski definition) is 0. The van der Waals surface area contributed by atoms with Crippen molar-refractivity contribution in [1.29, 1.82) is 0 Å². The van der Waals surface area contributed by atoms with Gasteiger partial charge in [-0.05, 0) is 24.6 Å². The first-order chi connectivity index (χ1) is 9.40. The minimum Gasteiger partial charge on any atom is -0.288 e. The molecule has 102 valence electrons. The van der Waals surface area contributed by atoms with Crippen molar-refractivity contribution in [2.24, 2.45) is 0 Å². The SMILES string of the molecule is Cc1cc(C(=O)c2cccc([N+](=O)[O-])c2)c(F)cc1Cl. The second-order valence-electron chi connectivity index (χ2n) is 4.22. The lowest BCUT2D eigenvalue weighted by Gasteiger charge is -2.06. The number of nitro benzene ring substituents is 1. The van der Waals surface area contributed by atoms with Crippen LogP contribution in [0.3, 0.4) is 0 Å². The molecular weight excluding hydrogens is 285 g/mol. The molecule has 0 spiro atoms. The first-order valence-electron chi connectivity index (χ1n) is 5.65. The molecule has 0 amide bonds. The summed E-state index contributed by atoms with van der Waals surface area (Å²) in [7, 11) is 0. The fourth-order valence-electron chi connectivity index (χ4n) is 1.75. The zero-order valence-corrected chi connectivity index (χ0v) is 11.1. The number of hydrogen-bond acceptors (Lipinski definition) is 3. The molecule has 0 atom stereocenters. The van der Waals surface area contributed by atoms with E-state index >= 15 is 0 Å². The van der Waals surface area contributed by atoms with E-state index < -0.39 is 16.5 Å². The summed E-state index contributed by atoms with van der Waals surface area (Å²) in [4.78, 5) is 22.3. The van der Waals surface area contributed by atoms with Gasteiger partial charge in [0.1, 0.15) is 5.82 Å². The number of ketones is 1. The average Bonchev–Trinajstić information content (AvgIpc) is 2.42. The minimum absolute atomic E-state index is 0.0554. The van der Waals surface area contributed by atoms with Gasteiger partial charge in [-0.25, -0.2) is 4.39 Å². The summed E-state index contributed by atoms with van der Waals surface area (Å²) in [5, 5.41) is 10.9. The fraction of sp³-hybridized carbons (Fsp3) is 0.0714. The van der Waals surface area contributed by atoms with E-state index in [1.54, 1.807) is 6.92 Å². The van der Waals surface area contributed by atoms with Crippen LogP contribution < -0.4 is 0 Å². The number of rotatable bonds is 3. The molecule has 0 aliphatic rings. The second-order valence-corrected chi connectivity index (χ2v) is 4.63. The fourth-order valence-corrected chi connectivity index (χ4v) is 1.90. The standard InChI is InChI=1S/C14H9ClFNO3/c1-8-5-11(13(16)7-12(8)15)14(18)9-3-2-4-10(6-9)17(19)20/h2-7H,1H3. The van der Waals surface area contributed by atoms with Gasteiger partial charge in [0.25, 0.3) is 5.69 Å². The molecule has 6 heteroatoms. The van der Waals surface area contributed by atoms with E-state index in [9.17, 15) is 19.3 Å². The maximum atomic E-state index is 13.8. The Balaban J connectivity index is 2.49. The van der Waals surface area contributed by atoms with Crippen molar-refractivity contribution in [3.8, 4) is 0 Å². The van der Waals surface area contributed by atoms with E-state index in [0.29, 0.717) is 5.56 Å². The molecule has 0 fully saturated rings. The lowest BCUT2D eigenvalue weighted by atomic mass is 10.0. The molecule has 0 saturated carbocycles. The minimum atomic E-state index is -0.753. The molecule has 0 heterocycles. The number of benzene rings is 2. The van der Waals surface area contributed by atoms with Gasteiger partial charge in [-0.3, -0.25) is 14.9 Å². The monoisotopic (exact) mass is 293 g/mol. The van der Waals surface area contributed by atoms with Gasteiger partial charge >= 0.3 is 0 Å². The van der Waals surface area contributed by atoms with Crippen LogP contribution in [-0.2, 0) is 0 Å². The predicted octanol–water partition coefficient (Wildman–Crippen LogP) is 3.93. The van der Waals surface area contributed by atoms with Crippen molar-refractivity contribution in [2.45, 2.75) is 6.92 Å². The molecule has 0 unspecified atom stereocenters. The van der Waals surface area contributed by atoms with Crippen LogP contribution in [0.4, 0.5) is 10.1 Å². The Hall–Kier alpha value is -2.27. The van der Waals surface area contributed by atoms with Crippen LogP contribution in [0.5, 0.6) is 0 Å². The maximum absolute atomic E-state index is 13.8. The molecule has 4 nitrogen and oxygen atoms in total. The molecule has 2 aromatic rings. The molecular formula is C14H9ClFNO3. The zero-order chi connectivity index (χ0) is 14.9. The Morgan fingerprint density at radius 3 is 2.65 bits per heavy atom. The lowest BCUT2D eigenvalue weighted by Crippen LogP contribution is -2.05. The van der Waals surface area contributed by atoms with Gasteiger partial charge in [-0.2, -0.15) is 0 Å². The first kappa shape index (κ1) is 14.1. The average molecular weight is 294 g/mol. The van der Waals surface area contributed by atoms with E-state index in [2.05, 4.69) is 0 Å². The number of aryl methyl sites for hydroxylation is 1. The third kappa shape index (κ3) is 2.67. The molecule has 2 rings (SSSR count). The van der Waals surface area contributed by atoms with E-state index in [0.717, 1.165) is 12.1 Å². The van der Waals surface area contributed by atoms with Gasteiger partial charge in [0, 0.05) is 22.7 Å². The highest BCUT2D eigenvalue weighted by molar-refractivity contribution is 6.31. The van der Waals surface area contributed by atoms with Crippen molar-refractivity contribution < 1.29 is 14.1 Å². The summed E-state index contributed by atoms with van der Waals surface area (Å²) >= 11 is 5.76. The van der Waals surface area contributed by atoms with Gasteiger partial charge < -0.3 is 0 Å². The number of halogens is 2. The number of nitrogens with zero attached hydrogens (tertiary/aromatic N) is 1. The van der Waals surface area contributed by atoms with Crippen LogP contribution >= 0.6 is 11.6 Å². The Kier molecular flexibility index (Phi) is 3.81. The third-order valence-electron chi connectivity index (χ3n) is 2.81. The number of carbonyl (C=O) groups is 1. The van der Waals surface area contributed by atoms with Gasteiger partial charge in [0.15, 0.2) is 5.78 Å². The summed E-state index contributed by atoms with van der Waals surface area (Å²) in [6.07, 6.45) is 0. The quantitative estimate of drug-likeness (QED) is 0.489. The van der Waals surface area contributed by atoms with Crippen molar-refractivity contribution in [2.75, 3.05) is 0 Å². The molecule has 0 aliphatic carbocycles. The predicted molar refractivity (Wildman–Crippen MR) is 72.7 cm³/mol. The topological polar surface area (TPSA) is 60.2 Å². The van der Waals surface area contributed by atoms with Crippen LogP contribution in [0, 0.1) is 22.9 Å². The van der Waals surface area contributed by atoms with E-state index in [4.69, 9.17) is 11.6 Å². The normalized spacial score (nSPS) is 10.3. The Labute approximate surface area is 119 Å². The molecule has 0 aromatic heterocycles. The summed E-state index contributed by atoms with van der Waals surface area (Å²) in [5.41, 5.74) is 0.232. The summed E-state index contributed by atoms with van der Waals surface area (Å²) < 4.78 is 13.8. The molecule has 0 radical (unpaired) electrons. The lowest BCUT2D eigenvalue weighted by molar-refractivity contribution is -0.384. The highest BCUT2D eigenvalue weighted by Crippen LogP contribution is 2.23. The van der Waals surface area contributed by atoms with Crippen LogP contribution in [0.15, 0.2) is 36.4 Å². The van der Waals surface area contributed by atoms with Crippen LogP contribution in [0.1, 0.15) is 21.5 Å². The van der Waals surface area contributed by atoms with Gasteiger partial charge in [-0.1, -0.05) is 23.7 Å². The van der Waals surface area contributed by atoms with Crippen molar-refractivity contribution in [1.82, 2.24) is 0 Å². The zero-order valence-electron chi connectivity index (χ0n) is 10.4. The molecule has 0 N–H and O–H groups in total. The van der Waals surface area contributed by atoms with Crippen molar-refractivity contribution in [3.05, 3.63) is 74.0 Å². The molecule has 0 aliphatic heterocycles. The molecule has 0 bridgehead atoms. The number of nitro groups is 1. The first-order valence-corrected chi connectivity index (χ1v) is 6.02. The van der Waals surface area contributed by atoms with E-state index in [-0.39, 0.29) is 21.8 Å².